The zero-order valence-corrected chi connectivity index (χ0v) is 14.7. The molecule has 1 aliphatic heterocycles. The number of carbonyl (C=O) groups is 1. The van der Waals surface area contributed by atoms with Crippen LogP contribution in [0.5, 0.6) is 0 Å². The molecule has 2 aromatic heterocycles. The average molecular weight is 369 g/mol. The van der Waals surface area contributed by atoms with E-state index in [4.69, 9.17) is 5.11 Å². The maximum Gasteiger partial charge on any atom is 0.411 e. The molecule has 1 aliphatic rings. The third-order valence-electron chi connectivity index (χ3n) is 4.68. The van der Waals surface area contributed by atoms with Crippen molar-refractivity contribution in [2.24, 2.45) is 0 Å². The number of halogens is 1. The molecule has 0 bridgehead atoms. The van der Waals surface area contributed by atoms with E-state index in [-0.39, 0.29) is 5.95 Å². The van der Waals surface area contributed by atoms with E-state index in [1.807, 2.05) is 36.4 Å². The van der Waals surface area contributed by atoms with Crippen LogP contribution >= 0.6 is 0 Å². The summed E-state index contributed by atoms with van der Waals surface area (Å²) in [7, 11) is 0. The summed E-state index contributed by atoms with van der Waals surface area (Å²) >= 11 is 0. The van der Waals surface area contributed by atoms with Crippen molar-refractivity contribution >= 4 is 17.7 Å². The molecule has 1 saturated heterocycles. The standard InChI is InChI=1S/C19H20FN5O2/c20-15-3-2-10-24(12-15)11-13-6-8-14(9-7-13)16-4-1-5-17-21-18(22-19(26)27)23-25(16)17/h1,4-9,15H,2-3,10-12H2,(H,22,23)(H,26,27). The molecule has 0 spiro atoms. The van der Waals surface area contributed by atoms with E-state index in [1.54, 1.807) is 10.6 Å². The lowest BCUT2D eigenvalue weighted by molar-refractivity contribution is 0.133. The summed E-state index contributed by atoms with van der Waals surface area (Å²) in [6.45, 7) is 2.17. The van der Waals surface area contributed by atoms with E-state index in [0.29, 0.717) is 18.6 Å². The summed E-state index contributed by atoms with van der Waals surface area (Å²) in [5.74, 6) is 0.0393. The predicted molar refractivity (Wildman–Crippen MR) is 99.5 cm³/mol. The van der Waals surface area contributed by atoms with Gasteiger partial charge in [-0.25, -0.2) is 13.7 Å². The highest BCUT2D eigenvalue weighted by Gasteiger charge is 2.19. The normalized spacial score (nSPS) is 17.9. The van der Waals surface area contributed by atoms with Gasteiger partial charge in [-0.3, -0.25) is 10.2 Å². The van der Waals surface area contributed by atoms with Crippen LogP contribution in [0.4, 0.5) is 15.1 Å². The number of carboxylic acid groups (broad SMARTS) is 1. The Morgan fingerprint density at radius 3 is 2.81 bits per heavy atom. The fourth-order valence-corrected chi connectivity index (χ4v) is 3.45. The van der Waals surface area contributed by atoms with Gasteiger partial charge in [0.15, 0.2) is 5.65 Å². The number of hydrogen-bond donors (Lipinski definition) is 2. The van der Waals surface area contributed by atoms with Crippen LogP contribution in [0, 0.1) is 0 Å². The van der Waals surface area contributed by atoms with Gasteiger partial charge in [-0.2, -0.15) is 4.98 Å². The molecule has 1 unspecified atom stereocenters. The van der Waals surface area contributed by atoms with E-state index in [9.17, 15) is 9.18 Å². The Kier molecular flexibility index (Phi) is 4.72. The average Bonchev–Trinajstić information content (AvgIpc) is 3.04. The van der Waals surface area contributed by atoms with Crippen molar-refractivity contribution < 1.29 is 14.3 Å². The molecule has 7 nitrogen and oxygen atoms in total. The van der Waals surface area contributed by atoms with Crippen LogP contribution in [0.25, 0.3) is 16.9 Å². The van der Waals surface area contributed by atoms with Crippen LogP contribution < -0.4 is 5.32 Å². The minimum atomic E-state index is -1.20. The van der Waals surface area contributed by atoms with Crippen LogP contribution in [0.3, 0.4) is 0 Å². The molecule has 27 heavy (non-hydrogen) atoms. The van der Waals surface area contributed by atoms with Crippen molar-refractivity contribution in [3.8, 4) is 11.3 Å². The van der Waals surface area contributed by atoms with Gasteiger partial charge in [0.05, 0.1) is 5.69 Å². The molecule has 140 valence electrons. The molecule has 1 amide bonds. The van der Waals surface area contributed by atoms with Crippen LogP contribution in [-0.2, 0) is 6.54 Å². The second kappa shape index (κ2) is 7.32. The molecule has 0 saturated carbocycles. The van der Waals surface area contributed by atoms with Crippen LogP contribution in [0.15, 0.2) is 42.5 Å². The number of likely N-dealkylation sites (tertiary alicyclic amines) is 1. The first-order chi connectivity index (χ1) is 13.1. The van der Waals surface area contributed by atoms with Crippen molar-refractivity contribution in [3.63, 3.8) is 0 Å². The quantitative estimate of drug-likeness (QED) is 0.736. The number of rotatable bonds is 4. The minimum absolute atomic E-state index is 0.0393. The summed E-state index contributed by atoms with van der Waals surface area (Å²) in [4.78, 5) is 17.1. The maximum absolute atomic E-state index is 13.6. The van der Waals surface area contributed by atoms with Crippen molar-refractivity contribution in [1.29, 1.82) is 0 Å². The lowest BCUT2D eigenvalue weighted by Crippen LogP contribution is -2.35. The highest BCUT2D eigenvalue weighted by molar-refractivity contribution is 5.80. The maximum atomic E-state index is 13.6. The van der Waals surface area contributed by atoms with Crippen LogP contribution in [0.1, 0.15) is 18.4 Å². The van der Waals surface area contributed by atoms with Gasteiger partial charge in [0.25, 0.3) is 5.95 Å². The number of piperidine rings is 1. The van der Waals surface area contributed by atoms with Gasteiger partial charge >= 0.3 is 6.09 Å². The summed E-state index contributed by atoms with van der Waals surface area (Å²) in [6.07, 6.45) is -0.363. The molecule has 1 atom stereocenters. The number of fused-ring (bicyclic) bond motifs is 1. The highest BCUT2D eigenvalue weighted by Crippen LogP contribution is 2.23. The third kappa shape index (κ3) is 3.90. The molecule has 2 N–H and O–H groups in total. The fourth-order valence-electron chi connectivity index (χ4n) is 3.45. The number of aromatic nitrogens is 3. The number of benzene rings is 1. The zero-order valence-electron chi connectivity index (χ0n) is 14.7. The SMILES string of the molecule is O=C(O)Nc1nc2cccc(-c3ccc(CN4CCCC(F)C4)cc3)n2n1. The summed E-state index contributed by atoms with van der Waals surface area (Å²) in [6, 6.07) is 13.6. The molecule has 8 heteroatoms. The fraction of sp³-hybridized carbons (Fsp3) is 0.316. The van der Waals surface area contributed by atoms with Crippen molar-refractivity contribution in [3.05, 3.63) is 48.0 Å². The highest BCUT2D eigenvalue weighted by atomic mass is 19.1. The van der Waals surface area contributed by atoms with E-state index < -0.39 is 12.3 Å². The van der Waals surface area contributed by atoms with E-state index >= 15 is 0 Å². The summed E-state index contributed by atoms with van der Waals surface area (Å²) < 4.78 is 15.2. The Morgan fingerprint density at radius 2 is 2.07 bits per heavy atom. The molecule has 3 heterocycles. The van der Waals surface area contributed by atoms with Gasteiger partial charge in [0.1, 0.15) is 6.17 Å². The van der Waals surface area contributed by atoms with Crippen molar-refractivity contribution in [2.45, 2.75) is 25.6 Å². The summed E-state index contributed by atoms with van der Waals surface area (Å²) in [5.41, 5.74) is 3.44. The molecular formula is C19H20FN5O2. The topological polar surface area (TPSA) is 82.8 Å². The number of anilines is 1. The Labute approximate surface area is 155 Å². The Balaban J connectivity index is 1.56. The molecule has 4 rings (SSSR count). The van der Waals surface area contributed by atoms with Gasteiger partial charge < -0.3 is 5.11 Å². The molecular weight excluding hydrogens is 349 g/mol. The lowest BCUT2D eigenvalue weighted by Gasteiger charge is -2.28. The van der Waals surface area contributed by atoms with Crippen LogP contribution in [0.2, 0.25) is 0 Å². The first kappa shape index (κ1) is 17.4. The van der Waals surface area contributed by atoms with Crippen LogP contribution in [-0.4, -0.2) is 50.0 Å². The second-order valence-electron chi connectivity index (χ2n) is 6.72. The molecule has 3 aromatic rings. The van der Waals surface area contributed by atoms with E-state index in [2.05, 4.69) is 20.3 Å². The van der Waals surface area contributed by atoms with E-state index in [0.717, 1.165) is 36.3 Å². The number of alkyl halides is 1. The zero-order chi connectivity index (χ0) is 18.8. The first-order valence-corrected chi connectivity index (χ1v) is 8.90. The number of pyridine rings is 1. The summed E-state index contributed by atoms with van der Waals surface area (Å²) in [5, 5.41) is 15.2. The van der Waals surface area contributed by atoms with Crippen molar-refractivity contribution in [2.75, 3.05) is 18.4 Å². The van der Waals surface area contributed by atoms with Crippen molar-refractivity contribution in [1.82, 2.24) is 19.5 Å². The number of hydrogen-bond acceptors (Lipinski definition) is 4. The Bertz CT molecular complexity index is 956. The monoisotopic (exact) mass is 369 g/mol. The molecule has 0 aliphatic carbocycles. The number of nitrogens with zero attached hydrogens (tertiary/aromatic N) is 4. The van der Waals surface area contributed by atoms with Gasteiger partial charge in [-0.15, -0.1) is 5.10 Å². The van der Waals surface area contributed by atoms with Gasteiger partial charge in [0.2, 0.25) is 0 Å². The molecule has 1 aromatic carbocycles. The van der Waals surface area contributed by atoms with Gasteiger partial charge in [0, 0.05) is 18.7 Å². The first-order valence-electron chi connectivity index (χ1n) is 8.90. The smallest absolute Gasteiger partial charge is 0.411 e. The minimum Gasteiger partial charge on any atom is -0.465 e. The van der Waals surface area contributed by atoms with E-state index in [1.165, 1.54) is 0 Å². The number of nitrogens with one attached hydrogen (secondary N) is 1. The van der Waals surface area contributed by atoms with Gasteiger partial charge in [-0.05, 0) is 37.1 Å². The largest absolute Gasteiger partial charge is 0.465 e. The molecule has 0 radical (unpaired) electrons. The third-order valence-corrected chi connectivity index (χ3v) is 4.68. The second-order valence-corrected chi connectivity index (χ2v) is 6.72. The van der Waals surface area contributed by atoms with Gasteiger partial charge in [-0.1, -0.05) is 30.3 Å². The lowest BCUT2D eigenvalue weighted by atomic mass is 10.1. The Morgan fingerprint density at radius 1 is 1.26 bits per heavy atom. The number of amides is 1. The predicted octanol–water partition coefficient (Wildman–Crippen LogP) is 3.42. The Hall–Kier alpha value is -3.00. The molecule has 1 fully saturated rings.